The summed E-state index contributed by atoms with van der Waals surface area (Å²) in [6.07, 6.45) is 0. The summed E-state index contributed by atoms with van der Waals surface area (Å²) in [7, 11) is 0. The highest BCUT2D eigenvalue weighted by molar-refractivity contribution is 9.10. The van der Waals surface area contributed by atoms with Crippen LogP contribution in [0.1, 0.15) is 6.92 Å². The number of hydrogen-bond acceptors (Lipinski definition) is 1. The predicted molar refractivity (Wildman–Crippen MR) is 45.2 cm³/mol. The van der Waals surface area contributed by atoms with Gasteiger partial charge in [0.05, 0.1) is 6.61 Å². The second-order valence-electron chi connectivity index (χ2n) is 2.13. The van der Waals surface area contributed by atoms with E-state index in [9.17, 15) is 8.78 Å². The minimum atomic E-state index is -0.691. The van der Waals surface area contributed by atoms with Gasteiger partial charge in [-0.1, -0.05) is 15.9 Å². The van der Waals surface area contributed by atoms with Crippen LogP contribution in [0.2, 0.25) is 0 Å². The van der Waals surface area contributed by atoms with Crippen LogP contribution >= 0.6 is 15.9 Å². The molecule has 0 aliphatic heterocycles. The van der Waals surface area contributed by atoms with E-state index in [1.165, 1.54) is 0 Å². The third kappa shape index (κ3) is 1.94. The van der Waals surface area contributed by atoms with Gasteiger partial charge in [-0.2, -0.15) is 0 Å². The van der Waals surface area contributed by atoms with Gasteiger partial charge in [-0.25, -0.2) is 8.78 Å². The van der Waals surface area contributed by atoms with Gasteiger partial charge in [-0.3, -0.25) is 0 Å². The standard InChI is InChI=1S/C8H7BrF2O/c1-2-12-8-6(10)3-5(9)4-7(8)11/h3-4H,2H2,1H3. The van der Waals surface area contributed by atoms with Gasteiger partial charge in [0, 0.05) is 4.47 Å². The largest absolute Gasteiger partial charge is 0.488 e. The maximum Gasteiger partial charge on any atom is 0.190 e. The quantitative estimate of drug-likeness (QED) is 0.767. The Morgan fingerprint density at radius 3 is 2.25 bits per heavy atom. The van der Waals surface area contributed by atoms with Gasteiger partial charge in [-0.15, -0.1) is 0 Å². The maximum absolute atomic E-state index is 12.9. The van der Waals surface area contributed by atoms with Crippen LogP contribution in [-0.4, -0.2) is 6.61 Å². The third-order valence-corrected chi connectivity index (χ3v) is 1.71. The van der Waals surface area contributed by atoms with Crippen LogP contribution in [0.4, 0.5) is 8.78 Å². The molecule has 0 bridgehead atoms. The summed E-state index contributed by atoms with van der Waals surface area (Å²) in [6.45, 7) is 1.91. The van der Waals surface area contributed by atoms with Crippen molar-refractivity contribution in [2.24, 2.45) is 0 Å². The van der Waals surface area contributed by atoms with E-state index in [1.807, 2.05) is 0 Å². The molecule has 0 atom stereocenters. The fraction of sp³-hybridized carbons (Fsp3) is 0.250. The first kappa shape index (κ1) is 9.45. The van der Waals surface area contributed by atoms with Crippen LogP contribution < -0.4 is 4.74 Å². The SMILES string of the molecule is CCOc1c(F)cc(Br)cc1F. The summed E-state index contributed by atoms with van der Waals surface area (Å²) >= 11 is 2.96. The summed E-state index contributed by atoms with van der Waals surface area (Å²) in [5, 5.41) is 0. The van der Waals surface area contributed by atoms with Gasteiger partial charge in [0.2, 0.25) is 0 Å². The summed E-state index contributed by atoms with van der Waals surface area (Å²) in [6, 6.07) is 2.32. The molecule has 0 saturated carbocycles. The second kappa shape index (κ2) is 3.85. The Hall–Kier alpha value is -0.640. The second-order valence-corrected chi connectivity index (χ2v) is 3.05. The van der Waals surface area contributed by atoms with Crippen molar-refractivity contribution in [2.45, 2.75) is 6.92 Å². The number of halogens is 3. The number of hydrogen-bond donors (Lipinski definition) is 0. The molecule has 1 aromatic carbocycles. The highest BCUT2D eigenvalue weighted by Gasteiger charge is 2.10. The van der Waals surface area contributed by atoms with Crippen molar-refractivity contribution in [3.63, 3.8) is 0 Å². The fourth-order valence-corrected chi connectivity index (χ4v) is 1.21. The molecule has 0 N–H and O–H groups in total. The van der Waals surface area contributed by atoms with Crippen LogP contribution in [0.3, 0.4) is 0 Å². The molecular weight excluding hydrogens is 230 g/mol. The predicted octanol–water partition coefficient (Wildman–Crippen LogP) is 3.13. The maximum atomic E-state index is 12.9. The van der Waals surface area contributed by atoms with Crippen molar-refractivity contribution in [3.8, 4) is 5.75 Å². The van der Waals surface area contributed by atoms with E-state index in [0.29, 0.717) is 4.47 Å². The lowest BCUT2D eigenvalue weighted by molar-refractivity contribution is 0.302. The molecule has 0 heterocycles. The zero-order valence-corrected chi connectivity index (χ0v) is 7.99. The highest BCUT2D eigenvalue weighted by atomic mass is 79.9. The molecule has 4 heteroatoms. The van der Waals surface area contributed by atoms with Crippen LogP contribution in [0.25, 0.3) is 0 Å². The van der Waals surface area contributed by atoms with E-state index in [0.717, 1.165) is 12.1 Å². The van der Waals surface area contributed by atoms with Crippen LogP contribution in [0, 0.1) is 11.6 Å². The Morgan fingerprint density at radius 1 is 1.33 bits per heavy atom. The normalized spacial score (nSPS) is 10.0. The molecule has 0 fully saturated rings. The average Bonchev–Trinajstić information content (AvgIpc) is 1.96. The lowest BCUT2D eigenvalue weighted by Gasteiger charge is -2.05. The van der Waals surface area contributed by atoms with E-state index >= 15 is 0 Å². The van der Waals surface area contributed by atoms with Gasteiger partial charge in [0.1, 0.15) is 0 Å². The minimum Gasteiger partial charge on any atom is -0.488 e. The van der Waals surface area contributed by atoms with Gasteiger partial charge in [0.25, 0.3) is 0 Å². The molecule has 0 radical (unpaired) electrons. The van der Waals surface area contributed by atoms with Crippen molar-refractivity contribution in [1.82, 2.24) is 0 Å². The van der Waals surface area contributed by atoms with Gasteiger partial charge in [-0.05, 0) is 19.1 Å². The molecule has 1 rings (SSSR count). The van der Waals surface area contributed by atoms with Gasteiger partial charge >= 0.3 is 0 Å². The van der Waals surface area contributed by atoms with Crippen LogP contribution in [-0.2, 0) is 0 Å². The Kier molecular flexibility index (Phi) is 3.03. The molecule has 12 heavy (non-hydrogen) atoms. The molecule has 0 spiro atoms. The molecule has 0 saturated heterocycles. The first-order valence-corrected chi connectivity index (χ1v) is 4.21. The number of rotatable bonds is 2. The molecule has 0 aliphatic rings. The molecule has 66 valence electrons. The molecule has 1 nitrogen and oxygen atoms in total. The van der Waals surface area contributed by atoms with E-state index in [1.54, 1.807) is 6.92 Å². The van der Waals surface area contributed by atoms with Crippen molar-refractivity contribution in [3.05, 3.63) is 28.2 Å². The van der Waals surface area contributed by atoms with Gasteiger partial charge < -0.3 is 4.74 Å². The van der Waals surface area contributed by atoms with Crippen molar-refractivity contribution >= 4 is 15.9 Å². The topological polar surface area (TPSA) is 9.23 Å². The molecule has 0 amide bonds. The summed E-state index contributed by atoms with van der Waals surface area (Å²) in [4.78, 5) is 0. The first-order valence-electron chi connectivity index (χ1n) is 3.42. The van der Waals surface area contributed by atoms with Crippen LogP contribution in [0.5, 0.6) is 5.75 Å². The lowest BCUT2D eigenvalue weighted by atomic mass is 10.3. The van der Waals surface area contributed by atoms with Crippen molar-refractivity contribution in [2.75, 3.05) is 6.61 Å². The van der Waals surface area contributed by atoms with E-state index in [-0.39, 0.29) is 12.4 Å². The van der Waals surface area contributed by atoms with Gasteiger partial charge in [0.15, 0.2) is 17.4 Å². The van der Waals surface area contributed by atoms with E-state index < -0.39 is 11.6 Å². The number of ether oxygens (including phenoxy) is 1. The summed E-state index contributed by atoms with van der Waals surface area (Å²) in [5.41, 5.74) is 0. The smallest absolute Gasteiger partial charge is 0.190 e. The summed E-state index contributed by atoms with van der Waals surface area (Å²) < 4.78 is 30.9. The highest BCUT2D eigenvalue weighted by Crippen LogP contribution is 2.25. The third-order valence-electron chi connectivity index (χ3n) is 1.25. The Morgan fingerprint density at radius 2 is 1.83 bits per heavy atom. The first-order chi connectivity index (χ1) is 5.65. The minimum absolute atomic E-state index is 0.246. The zero-order chi connectivity index (χ0) is 9.14. The molecular formula is C8H7BrF2O. The monoisotopic (exact) mass is 236 g/mol. The Bertz CT molecular complexity index is 265. The average molecular weight is 237 g/mol. The molecule has 1 aromatic rings. The Labute approximate surface area is 77.5 Å². The summed E-state index contributed by atoms with van der Waals surface area (Å²) in [5.74, 6) is -1.70. The molecule has 0 aromatic heterocycles. The van der Waals surface area contributed by atoms with E-state index in [2.05, 4.69) is 15.9 Å². The molecule has 0 aliphatic carbocycles. The molecule has 0 unspecified atom stereocenters. The van der Waals surface area contributed by atoms with Crippen molar-refractivity contribution < 1.29 is 13.5 Å². The lowest BCUT2D eigenvalue weighted by Crippen LogP contribution is -1.97. The fourth-order valence-electron chi connectivity index (χ4n) is 0.811. The number of benzene rings is 1. The van der Waals surface area contributed by atoms with Crippen molar-refractivity contribution in [1.29, 1.82) is 0 Å². The van der Waals surface area contributed by atoms with Crippen LogP contribution in [0.15, 0.2) is 16.6 Å². The zero-order valence-electron chi connectivity index (χ0n) is 6.40. The Balaban J connectivity index is 3.10. The van der Waals surface area contributed by atoms with E-state index in [4.69, 9.17) is 4.74 Å².